The molecule has 0 amide bonds. The van der Waals surface area contributed by atoms with Crippen molar-refractivity contribution in [2.24, 2.45) is 0 Å². The zero-order valence-electron chi connectivity index (χ0n) is 12.2. The first-order valence-electron chi connectivity index (χ1n) is 6.65. The Kier molecular flexibility index (Phi) is 5.21. The molecular formula is C17H20BrNO. The molecule has 0 bridgehead atoms. The Labute approximate surface area is 129 Å². The Bertz CT molecular complexity index is 583. The third-order valence-electron chi connectivity index (χ3n) is 3.37. The van der Waals surface area contributed by atoms with E-state index < -0.39 is 0 Å². The molecule has 0 atom stereocenters. The molecule has 0 aromatic heterocycles. The van der Waals surface area contributed by atoms with Gasteiger partial charge in [-0.3, -0.25) is 4.90 Å². The third-order valence-corrected chi connectivity index (χ3v) is 3.99. The molecule has 0 fully saturated rings. The summed E-state index contributed by atoms with van der Waals surface area (Å²) in [7, 11) is 3.83. The molecule has 0 N–H and O–H groups in total. The van der Waals surface area contributed by atoms with Gasteiger partial charge in [-0.15, -0.1) is 0 Å². The minimum Gasteiger partial charge on any atom is -0.496 e. The highest BCUT2D eigenvalue weighted by molar-refractivity contribution is 9.10. The van der Waals surface area contributed by atoms with E-state index in [1.807, 2.05) is 6.07 Å². The number of hydrogen-bond acceptors (Lipinski definition) is 2. The van der Waals surface area contributed by atoms with E-state index in [0.29, 0.717) is 0 Å². The Morgan fingerprint density at radius 1 is 1.10 bits per heavy atom. The standard InChI is InChI=1S/C17H20BrNO/c1-13-6-4-5-7-15(13)12-19(2)11-14-8-9-17(20-3)16(18)10-14/h4-10H,11-12H2,1-3H3. The van der Waals surface area contributed by atoms with Crippen LogP contribution in [0.4, 0.5) is 0 Å². The van der Waals surface area contributed by atoms with Crippen molar-refractivity contribution in [1.29, 1.82) is 0 Å². The Hall–Kier alpha value is -1.32. The summed E-state index contributed by atoms with van der Waals surface area (Å²) in [5.74, 6) is 0.871. The van der Waals surface area contributed by atoms with Gasteiger partial charge in [0.05, 0.1) is 11.6 Å². The van der Waals surface area contributed by atoms with Crippen molar-refractivity contribution in [3.05, 3.63) is 63.6 Å². The van der Waals surface area contributed by atoms with Gasteiger partial charge in [0.2, 0.25) is 0 Å². The van der Waals surface area contributed by atoms with E-state index in [2.05, 4.69) is 71.2 Å². The number of rotatable bonds is 5. The number of ether oxygens (including phenoxy) is 1. The fourth-order valence-electron chi connectivity index (χ4n) is 2.25. The van der Waals surface area contributed by atoms with Crippen LogP contribution >= 0.6 is 15.9 Å². The van der Waals surface area contributed by atoms with Crippen molar-refractivity contribution in [1.82, 2.24) is 4.90 Å². The smallest absolute Gasteiger partial charge is 0.133 e. The molecule has 20 heavy (non-hydrogen) atoms. The van der Waals surface area contributed by atoms with Gasteiger partial charge in [0.15, 0.2) is 0 Å². The number of aryl methyl sites for hydroxylation is 1. The number of halogens is 1. The van der Waals surface area contributed by atoms with Gasteiger partial charge in [-0.05, 0) is 58.7 Å². The molecule has 2 aromatic rings. The lowest BCUT2D eigenvalue weighted by atomic mass is 10.1. The van der Waals surface area contributed by atoms with Crippen LogP contribution in [-0.2, 0) is 13.1 Å². The second kappa shape index (κ2) is 6.91. The molecule has 0 aliphatic carbocycles. The average Bonchev–Trinajstić information content (AvgIpc) is 2.41. The highest BCUT2D eigenvalue weighted by Gasteiger charge is 2.06. The zero-order valence-corrected chi connectivity index (χ0v) is 13.8. The van der Waals surface area contributed by atoms with Gasteiger partial charge in [-0.2, -0.15) is 0 Å². The van der Waals surface area contributed by atoms with Gasteiger partial charge in [0, 0.05) is 13.1 Å². The van der Waals surface area contributed by atoms with E-state index in [9.17, 15) is 0 Å². The lowest BCUT2D eigenvalue weighted by Crippen LogP contribution is -2.17. The van der Waals surface area contributed by atoms with E-state index in [-0.39, 0.29) is 0 Å². The predicted octanol–water partition coefficient (Wildman–Crippen LogP) is 4.40. The topological polar surface area (TPSA) is 12.5 Å². The van der Waals surface area contributed by atoms with Gasteiger partial charge in [0.1, 0.15) is 5.75 Å². The Morgan fingerprint density at radius 2 is 1.85 bits per heavy atom. The van der Waals surface area contributed by atoms with Crippen LogP contribution in [0.15, 0.2) is 46.9 Å². The van der Waals surface area contributed by atoms with Crippen LogP contribution in [-0.4, -0.2) is 19.1 Å². The van der Waals surface area contributed by atoms with Crippen molar-refractivity contribution in [3.63, 3.8) is 0 Å². The van der Waals surface area contributed by atoms with Crippen molar-refractivity contribution in [2.45, 2.75) is 20.0 Å². The van der Waals surface area contributed by atoms with Crippen LogP contribution in [0.3, 0.4) is 0 Å². The van der Waals surface area contributed by atoms with Crippen LogP contribution in [0.25, 0.3) is 0 Å². The van der Waals surface area contributed by atoms with Crippen LogP contribution < -0.4 is 4.74 Å². The number of benzene rings is 2. The summed E-state index contributed by atoms with van der Waals surface area (Å²) in [6.07, 6.45) is 0. The lowest BCUT2D eigenvalue weighted by Gasteiger charge is -2.18. The fourth-order valence-corrected chi connectivity index (χ4v) is 2.84. The Balaban J connectivity index is 2.03. The van der Waals surface area contributed by atoms with E-state index >= 15 is 0 Å². The maximum Gasteiger partial charge on any atom is 0.133 e. The SMILES string of the molecule is COc1ccc(CN(C)Cc2ccccc2C)cc1Br. The number of nitrogens with zero attached hydrogens (tertiary/aromatic N) is 1. The van der Waals surface area contributed by atoms with E-state index in [4.69, 9.17) is 4.74 Å². The number of hydrogen-bond donors (Lipinski definition) is 0. The molecule has 0 heterocycles. The third kappa shape index (κ3) is 3.84. The van der Waals surface area contributed by atoms with Gasteiger partial charge < -0.3 is 4.74 Å². The minimum absolute atomic E-state index is 0.871. The molecule has 2 aromatic carbocycles. The molecule has 0 radical (unpaired) electrons. The van der Waals surface area contributed by atoms with Gasteiger partial charge in [-0.25, -0.2) is 0 Å². The molecular weight excluding hydrogens is 314 g/mol. The summed E-state index contributed by atoms with van der Waals surface area (Å²) < 4.78 is 6.26. The molecule has 106 valence electrons. The zero-order chi connectivity index (χ0) is 14.5. The first-order valence-corrected chi connectivity index (χ1v) is 7.45. The molecule has 0 saturated carbocycles. The average molecular weight is 334 g/mol. The first-order chi connectivity index (χ1) is 9.60. The van der Waals surface area contributed by atoms with Crippen LogP contribution in [0, 0.1) is 6.92 Å². The van der Waals surface area contributed by atoms with Crippen LogP contribution in [0.5, 0.6) is 5.75 Å². The quantitative estimate of drug-likeness (QED) is 0.804. The van der Waals surface area contributed by atoms with Crippen molar-refractivity contribution in [3.8, 4) is 5.75 Å². The van der Waals surface area contributed by atoms with Gasteiger partial charge >= 0.3 is 0 Å². The number of methoxy groups -OCH3 is 1. The summed E-state index contributed by atoms with van der Waals surface area (Å²) in [5, 5.41) is 0. The molecule has 0 unspecified atom stereocenters. The maximum atomic E-state index is 5.26. The van der Waals surface area contributed by atoms with Crippen molar-refractivity contribution in [2.75, 3.05) is 14.2 Å². The van der Waals surface area contributed by atoms with Crippen molar-refractivity contribution < 1.29 is 4.74 Å². The summed E-state index contributed by atoms with van der Waals surface area (Å²) in [4.78, 5) is 2.32. The van der Waals surface area contributed by atoms with Gasteiger partial charge in [0.25, 0.3) is 0 Å². The summed E-state index contributed by atoms with van der Waals surface area (Å²) in [6.45, 7) is 4.03. The molecule has 0 aliphatic rings. The molecule has 0 saturated heterocycles. The summed E-state index contributed by atoms with van der Waals surface area (Å²) in [6, 6.07) is 14.8. The molecule has 0 spiro atoms. The largest absolute Gasteiger partial charge is 0.496 e. The van der Waals surface area contributed by atoms with Crippen LogP contribution in [0.1, 0.15) is 16.7 Å². The monoisotopic (exact) mass is 333 g/mol. The summed E-state index contributed by atoms with van der Waals surface area (Å²) >= 11 is 3.53. The van der Waals surface area contributed by atoms with E-state index in [0.717, 1.165) is 23.3 Å². The normalized spacial score (nSPS) is 10.8. The Morgan fingerprint density at radius 3 is 2.50 bits per heavy atom. The molecule has 3 heteroatoms. The lowest BCUT2D eigenvalue weighted by molar-refractivity contribution is 0.318. The first kappa shape index (κ1) is 15.1. The molecule has 2 rings (SSSR count). The predicted molar refractivity (Wildman–Crippen MR) is 87.0 cm³/mol. The summed E-state index contributed by atoms with van der Waals surface area (Å²) in [5.41, 5.74) is 3.99. The van der Waals surface area contributed by atoms with Crippen molar-refractivity contribution >= 4 is 15.9 Å². The minimum atomic E-state index is 0.871. The highest BCUT2D eigenvalue weighted by Crippen LogP contribution is 2.26. The second-order valence-electron chi connectivity index (χ2n) is 5.07. The van der Waals surface area contributed by atoms with E-state index in [1.165, 1.54) is 16.7 Å². The van der Waals surface area contributed by atoms with E-state index in [1.54, 1.807) is 7.11 Å². The second-order valence-corrected chi connectivity index (χ2v) is 5.92. The fraction of sp³-hybridized carbons (Fsp3) is 0.294. The highest BCUT2D eigenvalue weighted by atomic mass is 79.9. The van der Waals surface area contributed by atoms with Gasteiger partial charge in [-0.1, -0.05) is 30.3 Å². The maximum absolute atomic E-state index is 5.26. The van der Waals surface area contributed by atoms with Crippen LogP contribution in [0.2, 0.25) is 0 Å². The molecule has 2 nitrogen and oxygen atoms in total. The molecule has 0 aliphatic heterocycles.